The molecule has 1 saturated carbocycles. The molecule has 0 bridgehead atoms. The molecule has 0 saturated heterocycles. The fraction of sp³-hybridized carbons (Fsp3) is 0.182. The molecule has 0 radical (unpaired) electrons. The second-order valence-corrected chi connectivity index (χ2v) is 7.22. The molecule has 0 spiro atoms. The predicted molar refractivity (Wildman–Crippen MR) is 114 cm³/mol. The number of hydrogen-bond acceptors (Lipinski definition) is 5. The number of anilines is 2. The molecule has 9 nitrogen and oxygen atoms in total. The van der Waals surface area contributed by atoms with E-state index in [1.807, 2.05) is 0 Å². The van der Waals surface area contributed by atoms with Gasteiger partial charge in [-0.1, -0.05) is 6.07 Å². The van der Waals surface area contributed by atoms with Gasteiger partial charge in [-0.15, -0.1) is 0 Å². The van der Waals surface area contributed by atoms with Crippen LogP contribution in [0.1, 0.15) is 33.6 Å². The van der Waals surface area contributed by atoms with Gasteiger partial charge in [-0.05, 0) is 55.3 Å². The zero-order valence-corrected chi connectivity index (χ0v) is 16.8. The number of aromatic nitrogens is 2. The highest BCUT2D eigenvalue weighted by molar-refractivity contribution is 6.04. The van der Waals surface area contributed by atoms with Gasteiger partial charge in [-0.2, -0.15) is 5.10 Å². The Morgan fingerprint density at radius 2 is 1.77 bits per heavy atom. The van der Waals surface area contributed by atoms with Crippen molar-refractivity contribution in [1.29, 1.82) is 0 Å². The Hall–Kier alpha value is -4.14. The van der Waals surface area contributed by atoms with E-state index in [0.717, 1.165) is 12.8 Å². The zero-order valence-electron chi connectivity index (χ0n) is 16.8. The number of urea groups is 1. The van der Waals surface area contributed by atoms with Crippen LogP contribution in [0.2, 0.25) is 0 Å². The van der Waals surface area contributed by atoms with Crippen molar-refractivity contribution < 1.29 is 19.1 Å². The summed E-state index contributed by atoms with van der Waals surface area (Å²) in [6, 6.07) is 12.9. The maximum atomic E-state index is 12.5. The number of hydrogen-bond donors (Lipinski definition) is 3. The molecule has 9 heteroatoms. The van der Waals surface area contributed by atoms with E-state index in [9.17, 15) is 14.4 Å². The number of rotatable bonds is 6. The normalized spacial score (nSPS) is 12.7. The van der Waals surface area contributed by atoms with Gasteiger partial charge in [0.15, 0.2) is 0 Å². The fourth-order valence-corrected chi connectivity index (χ4v) is 2.82. The average molecular weight is 419 g/mol. The summed E-state index contributed by atoms with van der Waals surface area (Å²) < 4.78 is 6.93. The van der Waals surface area contributed by atoms with Crippen molar-refractivity contribution in [3.63, 3.8) is 0 Å². The first-order chi connectivity index (χ1) is 15.0. The van der Waals surface area contributed by atoms with Crippen molar-refractivity contribution >= 4 is 29.3 Å². The Morgan fingerprint density at radius 1 is 1.00 bits per heavy atom. The quantitative estimate of drug-likeness (QED) is 0.419. The van der Waals surface area contributed by atoms with Gasteiger partial charge >= 0.3 is 12.0 Å². The molecule has 0 unspecified atom stereocenters. The first-order valence-corrected chi connectivity index (χ1v) is 9.76. The van der Waals surface area contributed by atoms with Crippen LogP contribution in [-0.4, -0.2) is 33.7 Å². The van der Waals surface area contributed by atoms with Crippen molar-refractivity contribution in [3.05, 3.63) is 72.1 Å². The summed E-state index contributed by atoms with van der Waals surface area (Å²) in [6.45, 7) is 0. The van der Waals surface area contributed by atoms with Crippen LogP contribution in [0.5, 0.6) is 5.75 Å². The van der Waals surface area contributed by atoms with Gasteiger partial charge in [0.25, 0.3) is 5.91 Å². The van der Waals surface area contributed by atoms with Crippen molar-refractivity contribution in [1.82, 2.24) is 15.1 Å². The third-order valence-electron chi connectivity index (χ3n) is 4.56. The van der Waals surface area contributed by atoms with E-state index in [4.69, 9.17) is 4.74 Å². The summed E-state index contributed by atoms with van der Waals surface area (Å²) in [5.74, 6) is -0.513. The van der Waals surface area contributed by atoms with E-state index in [2.05, 4.69) is 21.0 Å². The second-order valence-electron chi connectivity index (χ2n) is 7.22. The number of benzene rings is 2. The Kier molecular flexibility index (Phi) is 5.65. The first-order valence-electron chi connectivity index (χ1n) is 9.76. The van der Waals surface area contributed by atoms with Gasteiger partial charge in [-0.3, -0.25) is 9.48 Å². The molecule has 4 rings (SSSR count). The van der Waals surface area contributed by atoms with Gasteiger partial charge in [0, 0.05) is 30.7 Å². The first kappa shape index (κ1) is 20.1. The molecule has 1 aromatic heterocycles. The molecule has 2 aromatic carbocycles. The molecule has 0 atom stereocenters. The lowest BCUT2D eigenvalue weighted by atomic mass is 10.2. The lowest BCUT2D eigenvalue weighted by Crippen LogP contribution is -2.30. The van der Waals surface area contributed by atoms with Gasteiger partial charge < -0.3 is 20.7 Å². The number of amides is 3. The summed E-state index contributed by atoms with van der Waals surface area (Å²) in [4.78, 5) is 36.5. The molecule has 1 fully saturated rings. The van der Waals surface area contributed by atoms with Crippen LogP contribution in [-0.2, 0) is 7.05 Å². The minimum absolute atomic E-state index is 0.241. The third-order valence-corrected chi connectivity index (χ3v) is 4.56. The minimum Gasteiger partial charge on any atom is -0.423 e. The molecule has 3 amide bonds. The molecule has 1 aliphatic rings. The highest BCUT2D eigenvalue weighted by Gasteiger charge is 2.23. The van der Waals surface area contributed by atoms with Crippen molar-refractivity contribution in [2.24, 2.45) is 7.05 Å². The van der Waals surface area contributed by atoms with Gasteiger partial charge in [-0.25, -0.2) is 9.59 Å². The molecular weight excluding hydrogens is 398 g/mol. The minimum atomic E-state index is -0.557. The summed E-state index contributed by atoms with van der Waals surface area (Å²) >= 11 is 0. The number of carbonyl (C=O) groups is 3. The van der Waals surface area contributed by atoms with E-state index in [0.29, 0.717) is 28.3 Å². The van der Waals surface area contributed by atoms with E-state index >= 15 is 0 Å². The van der Waals surface area contributed by atoms with Gasteiger partial charge in [0.1, 0.15) is 5.75 Å². The number of nitrogens with one attached hydrogen (secondary N) is 3. The summed E-state index contributed by atoms with van der Waals surface area (Å²) in [6.07, 6.45) is 5.07. The Bertz CT molecular complexity index is 1120. The van der Waals surface area contributed by atoms with Crippen LogP contribution in [0.25, 0.3) is 0 Å². The van der Waals surface area contributed by atoms with Crippen molar-refractivity contribution in [3.8, 4) is 5.75 Å². The van der Waals surface area contributed by atoms with Crippen LogP contribution in [0.3, 0.4) is 0 Å². The van der Waals surface area contributed by atoms with E-state index in [1.165, 1.54) is 6.20 Å². The van der Waals surface area contributed by atoms with Crippen LogP contribution >= 0.6 is 0 Å². The van der Waals surface area contributed by atoms with Gasteiger partial charge in [0.05, 0.1) is 17.3 Å². The number of esters is 1. The maximum absolute atomic E-state index is 12.5. The number of carbonyl (C=O) groups excluding carboxylic acids is 3. The van der Waals surface area contributed by atoms with E-state index in [-0.39, 0.29) is 18.0 Å². The Labute approximate surface area is 178 Å². The van der Waals surface area contributed by atoms with Crippen LogP contribution in [0.4, 0.5) is 16.2 Å². The summed E-state index contributed by atoms with van der Waals surface area (Å²) in [5.41, 5.74) is 1.80. The molecule has 0 aliphatic heterocycles. The number of ether oxygens (including phenoxy) is 1. The number of nitrogens with zero attached hydrogens (tertiary/aromatic N) is 2. The Balaban J connectivity index is 1.34. The van der Waals surface area contributed by atoms with E-state index < -0.39 is 5.97 Å². The lowest BCUT2D eigenvalue weighted by Gasteiger charge is -2.09. The highest BCUT2D eigenvalue weighted by Crippen LogP contribution is 2.20. The number of aryl methyl sites for hydroxylation is 1. The summed E-state index contributed by atoms with van der Waals surface area (Å²) in [7, 11) is 1.73. The third kappa shape index (κ3) is 5.47. The van der Waals surface area contributed by atoms with E-state index in [1.54, 1.807) is 66.5 Å². The standard InChI is InChI=1S/C22H21N5O4/c1-27-13-15(12-23-27)20(28)24-16-7-9-19(10-8-16)31-21(29)14-3-2-4-18(11-14)26-22(30)25-17-5-6-17/h2-4,7-13,17H,5-6H2,1H3,(H,24,28)(H2,25,26,30). The smallest absolute Gasteiger partial charge is 0.343 e. The molecule has 1 heterocycles. The molecule has 3 N–H and O–H groups in total. The van der Waals surface area contributed by atoms with Crippen molar-refractivity contribution in [2.45, 2.75) is 18.9 Å². The van der Waals surface area contributed by atoms with Crippen molar-refractivity contribution in [2.75, 3.05) is 10.6 Å². The Morgan fingerprint density at radius 3 is 2.45 bits per heavy atom. The highest BCUT2D eigenvalue weighted by atomic mass is 16.5. The van der Waals surface area contributed by atoms with Crippen LogP contribution < -0.4 is 20.7 Å². The van der Waals surface area contributed by atoms with Crippen LogP contribution in [0.15, 0.2) is 60.9 Å². The predicted octanol–water partition coefficient (Wildman–Crippen LogP) is 3.18. The molecule has 158 valence electrons. The van der Waals surface area contributed by atoms with Crippen LogP contribution in [0, 0.1) is 0 Å². The fourth-order valence-electron chi connectivity index (χ4n) is 2.82. The molecule has 3 aromatic rings. The monoisotopic (exact) mass is 419 g/mol. The molecule has 31 heavy (non-hydrogen) atoms. The molecule has 1 aliphatic carbocycles. The van der Waals surface area contributed by atoms with Gasteiger partial charge in [0.2, 0.25) is 0 Å². The largest absolute Gasteiger partial charge is 0.423 e. The molecular formula is C22H21N5O4. The zero-order chi connectivity index (χ0) is 21.8. The SMILES string of the molecule is Cn1cc(C(=O)Nc2ccc(OC(=O)c3cccc(NC(=O)NC4CC4)c3)cc2)cn1. The lowest BCUT2D eigenvalue weighted by molar-refractivity contribution is 0.0734. The topological polar surface area (TPSA) is 114 Å². The maximum Gasteiger partial charge on any atom is 0.343 e. The second kappa shape index (κ2) is 8.70. The summed E-state index contributed by atoms with van der Waals surface area (Å²) in [5, 5.41) is 12.2. The average Bonchev–Trinajstić information content (AvgIpc) is 3.45.